The van der Waals surface area contributed by atoms with Gasteiger partial charge in [0.05, 0.1) is 22.2 Å². The third-order valence-corrected chi connectivity index (χ3v) is 9.15. The number of para-hydroxylation sites is 1. The lowest BCUT2D eigenvalue weighted by molar-refractivity contribution is -0.137. The number of carbonyl (C=O) groups is 2. The van der Waals surface area contributed by atoms with Crippen molar-refractivity contribution in [2.75, 3.05) is 4.90 Å². The van der Waals surface area contributed by atoms with Crippen LogP contribution in [0.5, 0.6) is 5.75 Å². The molecule has 2 aliphatic rings. The number of nitrogens with one attached hydrogen (secondary N) is 1. The van der Waals surface area contributed by atoms with E-state index in [0.29, 0.717) is 21.2 Å². The van der Waals surface area contributed by atoms with E-state index in [1.165, 1.54) is 12.1 Å². The van der Waals surface area contributed by atoms with Crippen LogP contribution in [-0.4, -0.2) is 22.0 Å². The Balaban J connectivity index is 1.43. The predicted molar refractivity (Wildman–Crippen MR) is 141 cm³/mol. The van der Waals surface area contributed by atoms with Crippen LogP contribution in [-0.2, 0) is 22.4 Å². The topological polar surface area (TPSA) is 79.5 Å². The number of aromatic nitrogens is 1. The predicted octanol–water partition coefficient (Wildman–Crippen LogP) is 5.83. The number of nitrogens with zero attached hydrogens (tertiary/aromatic N) is 1. The number of carbonyl (C=O) groups excluding carboxylic acids is 2. The molecule has 1 fully saturated rings. The molecule has 0 aliphatic carbocycles. The first-order chi connectivity index (χ1) is 18.7. The Morgan fingerprint density at radius 2 is 1.64 bits per heavy atom. The molecule has 4 aromatic rings. The van der Waals surface area contributed by atoms with E-state index in [1.807, 2.05) is 30.3 Å². The van der Waals surface area contributed by atoms with Crippen LogP contribution in [0.3, 0.4) is 0 Å². The second-order valence-corrected chi connectivity index (χ2v) is 11.3. The standard InChI is InChI=1S/C28H19F3N2O4S2/c29-28(30,31)16-9-6-10-17(13-16)33-25(34)21-20(22-24(32-27(36)39-22)38-23(21)26(33)35)18-11-4-5-12-19(18)37-14-15-7-2-1-3-8-15/h1-13,20-21,23H,14H2,(H,32,36)/t20-,21?,23?/m1/s1. The summed E-state index contributed by atoms with van der Waals surface area (Å²) < 4.78 is 46.4. The lowest BCUT2D eigenvalue weighted by Gasteiger charge is -2.30. The number of thiazole rings is 1. The number of amides is 2. The van der Waals surface area contributed by atoms with E-state index in [2.05, 4.69) is 4.98 Å². The second-order valence-electron chi connectivity index (χ2n) is 9.12. The van der Waals surface area contributed by atoms with Gasteiger partial charge in [0, 0.05) is 16.4 Å². The van der Waals surface area contributed by atoms with Crippen LogP contribution in [0.1, 0.15) is 27.5 Å². The molecule has 0 radical (unpaired) electrons. The second kappa shape index (κ2) is 9.73. The summed E-state index contributed by atoms with van der Waals surface area (Å²) in [6.45, 7) is 0.257. The maximum atomic E-state index is 13.9. The normalized spacial score (nSPS) is 20.6. The Hall–Kier alpha value is -3.83. The fraction of sp³-hybridized carbons (Fsp3) is 0.179. The van der Waals surface area contributed by atoms with Crippen LogP contribution in [0.25, 0.3) is 0 Å². The van der Waals surface area contributed by atoms with Crippen LogP contribution in [0.4, 0.5) is 18.9 Å². The van der Waals surface area contributed by atoms with Crippen LogP contribution < -0.4 is 14.5 Å². The first-order valence-corrected chi connectivity index (χ1v) is 13.6. The highest BCUT2D eigenvalue weighted by Gasteiger charge is 2.57. The van der Waals surface area contributed by atoms with E-state index in [4.69, 9.17) is 4.74 Å². The van der Waals surface area contributed by atoms with Crippen molar-refractivity contribution in [1.29, 1.82) is 0 Å². The number of halogens is 3. The van der Waals surface area contributed by atoms with Gasteiger partial charge in [-0.25, -0.2) is 4.90 Å². The molecule has 1 N–H and O–H groups in total. The average molecular weight is 569 g/mol. The highest BCUT2D eigenvalue weighted by atomic mass is 32.2. The summed E-state index contributed by atoms with van der Waals surface area (Å²) in [6, 6.07) is 20.8. The highest BCUT2D eigenvalue weighted by Crippen LogP contribution is 2.54. The minimum atomic E-state index is -4.63. The molecule has 0 saturated carbocycles. The molecule has 2 aliphatic heterocycles. The van der Waals surface area contributed by atoms with Gasteiger partial charge in [-0.3, -0.25) is 14.4 Å². The number of fused-ring (bicyclic) bond motifs is 2. The Bertz CT molecular complexity index is 1630. The number of thioether (sulfide) groups is 1. The van der Waals surface area contributed by atoms with E-state index >= 15 is 0 Å². The average Bonchev–Trinajstić information content (AvgIpc) is 3.42. The maximum Gasteiger partial charge on any atom is 0.416 e. The fourth-order valence-electron chi connectivity index (χ4n) is 5.03. The number of aromatic amines is 1. The van der Waals surface area contributed by atoms with Gasteiger partial charge in [0.2, 0.25) is 11.8 Å². The first kappa shape index (κ1) is 25.4. The largest absolute Gasteiger partial charge is 0.489 e. The number of ether oxygens (including phenoxy) is 1. The Kier molecular flexibility index (Phi) is 6.35. The number of hydrogen-bond donors (Lipinski definition) is 1. The van der Waals surface area contributed by atoms with Crippen molar-refractivity contribution in [2.45, 2.75) is 29.0 Å². The van der Waals surface area contributed by atoms with Crippen molar-refractivity contribution in [3.63, 3.8) is 0 Å². The van der Waals surface area contributed by atoms with E-state index in [1.54, 1.807) is 24.3 Å². The number of hydrogen-bond acceptors (Lipinski definition) is 6. The molecule has 2 unspecified atom stereocenters. The first-order valence-electron chi connectivity index (χ1n) is 11.9. The van der Waals surface area contributed by atoms with Gasteiger partial charge in [-0.1, -0.05) is 77.7 Å². The Morgan fingerprint density at radius 1 is 0.897 bits per heavy atom. The van der Waals surface area contributed by atoms with E-state index in [-0.39, 0.29) is 17.2 Å². The molecule has 11 heteroatoms. The molecule has 3 aromatic carbocycles. The lowest BCUT2D eigenvalue weighted by atomic mass is 9.82. The molecule has 39 heavy (non-hydrogen) atoms. The van der Waals surface area contributed by atoms with Gasteiger partial charge in [-0.15, -0.1) is 0 Å². The lowest BCUT2D eigenvalue weighted by Crippen LogP contribution is -2.32. The number of rotatable bonds is 5. The number of H-pyrrole nitrogens is 1. The van der Waals surface area contributed by atoms with Gasteiger partial charge in [-0.05, 0) is 29.8 Å². The van der Waals surface area contributed by atoms with Crippen molar-refractivity contribution in [3.05, 3.63) is 110 Å². The zero-order valence-electron chi connectivity index (χ0n) is 20.0. The summed E-state index contributed by atoms with van der Waals surface area (Å²) in [5.74, 6) is -2.42. The minimum absolute atomic E-state index is 0.140. The fourth-order valence-corrected chi connectivity index (χ4v) is 7.54. The molecule has 2 amide bonds. The van der Waals surface area contributed by atoms with Gasteiger partial charge in [0.1, 0.15) is 17.6 Å². The monoisotopic (exact) mass is 568 g/mol. The molecule has 3 heterocycles. The van der Waals surface area contributed by atoms with Gasteiger partial charge < -0.3 is 9.72 Å². The number of anilines is 1. The van der Waals surface area contributed by atoms with Gasteiger partial charge in [0.25, 0.3) is 0 Å². The summed E-state index contributed by atoms with van der Waals surface area (Å²) >= 11 is 2.02. The van der Waals surface area contributed by atoms with Crippen LogP contribution >= 0.6 is 23.1 Å². The van der Waals surface area contributed by atoms with Crippen molar-refractivity contribution >= 4 is 40.6 Å². The summed E-state index contributed by atoms with van der Waals surface area (Å²) in [7, 11) is 0. The zero-order valence-corrected chi connectivity index (χ0v) is 21.6. The molecular weight excluding hydrogens is 549 g/mol. The van der Waals surface area contributed by atoms with Crippen LogP contribution in [0.2, 0.25) is 0 Å². The summed E-state index contributed by atoms with van der Waals surface area (Å²) in [6.07, 6.45) is -4.63. The van der Waals surface area contributed by atoms with Crippen LogP contribution in [0, 0.1) is 5.92 Å². The third-order valence-electron chi connectivity index (χ3n) is 6.75. The van der Waals surface area contributed by atoms with Gasteiger partial charge in [0.15, 0.2) is 0 Å². The molecule has 0 bridgehead atoms. The summed E-state index contributed by atoms with van der Waals surface area (Å²) in [5, 5.41) is -0.460. The number of benzene rings is 3. The minimum Gasteiger partial charge on any atom is -0.489 e. The number of alkyl halides is 3. The van der Waals surface area contributed by atoms with Crippen molar-refractivity contribution in [1.82, 2.24) is 4.98 Å². The van der Waals surface area contributed by atoms with Gasteiger partial charge >= 0.3 is 11.0 Å². The molecule has 1 saturated heterocycles. The van der Waals surface area contributed by atoms with Gasteiger partial charge in [-0.2, -0.15) is 13.2 Å². The number of imide groups is 1. The van der Waals surface area contributed by atoms with Crippen molar-refractivity contribution in [2.24, 2.45) is 5.92 Å². The SMILES string of the molecule is O=C1C2Sc3[nH]c(=O)sc3[C@H](c3ccccc3OCc3ccccc3)C2C(=O)N1c1cccc(C(F)(F)F)c1. The summed E-state index contributed by atoms with van der Waals surface area (Å²) in [4.78, 5) is 43.7. The smallest absolute Gasteiger partial charge is 0.416 e. The summed E-state index contributed by atoms with van der Waals surface area (Å²) in [5.41, 5.74) is 0.452. The van der Waals surface area contributed by atoms with Crippen molar-refractivity contribution < 1.29 is 27.5 Å². The maximum absolute atomic E-state index is 13.9. The van der Waals surface area contributed by atoms with E-state index in [9.17, 15) is 27.6 Å². The molecule has 0 spiro atoms. The van der Waals surface area contributed by atoms with E-state index in [0.717, 1.165) is 45.7 Å². The van der Waals surface area contributed by atoms with Crippen LogP contribution in [0.15, 0.2) is 88.7 Å². The van der Waals surface area contributed by atoms with E-state index < -0.39 is 40.6 Å². The van der Waals surface area contributed by atoms with Crippen molar-refractivity contribution in [3.8, 4) is 5.75 Å². The molecular formula is C28H19F3N2O4S2. The third kappa shape index (κ3) is 4.55. The zero-order chi connectivity index (χ0) is 27.3. The molecule has 6 rings (SSSR count). The molecule has 3 atom stereocenters. The Labute approximate surface area is 228 Å². The Morgan fingerprint density at radius 3 is 2.41 bits per heavy atom. The molecule has 198 valence electrons. The quantitative estimate of drug-likeness (QED) is 0.307. The highest BCUT2D eigenvalue weighted by molar-refractivity contribution is 8.00. The molecule has 1 aromatic heterocycles. The molecule has 6 nitrogen and oxygen atoms in total.